The Bertz CT molecular complexity index is 498. The summed E-state index contributed by atoms with van der Waals surface area (Å²) in [5, 5.41) is 0. The third kappa shape index (κ3) is 5.45. The summed E-state index contributed by atoms with van der Waals surface area (Å²) >= 11 is 0. The summed E-state index contributed by atoms with van der Waals surface area (Å²) in [4.78, 5) is 11.5. The van der Waals surface area contributed by atoms with Gasteiger partial charge in [-0.25, -0.2) is 8.42 Å². The Morgan fingerprint density at radius 2 is 1.61 bits per heavy atom. The van der Waals surface area contributed by atoms with E-state index in [0.717, 1.165) is 17.5 Å². The molecule has 1 aromatic rings. The predicted molar refractivity (Wildman–Crippen MR) is 73.2 cm³/mol. The first-order chi connectivity index (χ1) is 8.28. The van der Waals surface area contributed by atoms with Crippen molar-refractivity contribution >= 4 is 15.6 Å². The molecule has 0 aliphatic rings. The van der Waals surface area contributed by atoms with Crippen LogP contribution in [0.4, 0.5) is 0 Å². The van der Waals surface area contributed by atoms with Gasteiger partial charge >= 0.3 is 0 Å². The number of Topliss-reactive ketones (excluding diaryl/α,β-unsaturated/α-hetero) is 1. The molecule has 0 atom stereocenters. The first-order valence-corrected chi connectivity index (χ1v) is 8.12. The van der Waals surface area contributed by atoms with Crippen LogP contribution >= 0.6 is 0 Å². The van der Waals surface area contributed by atoms with Crippen molar-refractivity contribution in [3.05, 3.63) is 35.4 Å². The van der Waals surface area contributed by atoms with Crippen molar-refractivity contribution in [2.24, 2.45) is 5.92 Å². The Morgan fingerprint density at radius 1 is 1.11 bits per heavy atom. The molecule has 0 heterocycles. The lowest BCUT2D eigenvalue weighted by Gasteiger charge is -2.05. The standard InChI is InChI=1S/C14H20O3S/c1-11(2)14(15)9-8-12-4-6-13(7-5-12)10-18(3,16)17/h4-7,11H,8-10H2,1-3H3. The Labute approximate surface area is 109 Å². The monoisotopic (exact) mass is 268 g/mol. The van der Waals surface area contributed by atoms with Crippen LogP contribution in [0.15, 0.2) is 24.3 Å². The van der Waals surface area contributed by atoms with Crippen LogP contribution in [-0.4, -0.2) is 20.5 Å². The highest BCUT2D eigenvalue weighted by atomic mass is 32.2. The molecule has 0 saturated carbocycles. The fourth-order valence-electron chi connectivity index (χ4n) is 1.66. The van der Waals surface area contributed by atoms with E-state index >= 15 is 0 Å². The average Bonchev–Trinajstić information content (AvgIpc) is 2.25. The summed E-state index contributed by atoms with van der Waals surface area (Å²) in [6.07, 6.45) is 2.49. The maximum absolute atomic E-state index is 11.5. The highest BCUT2D eigenvalue weighted by Crippen LogP contribution is 2.11. The minimum absolute atomic E-state index is 0.0677. The zero-order valence-electron chi connectivity index (χ0n) is 11.1. The average molecular weight is 268 g/mol. The third-order valence-corrected chi connectivity index (χ3v) is 3.61. The molecule has 0 N–H and O–H groups in total. The number of aryl methyl sites for hydroxylation is 1. The van der Waals surface area contributed by atoms with Crippen LogP contribution in [0.3, 0.4) is 0 Å². The van der Waals surface area contributed by atoms with E-state index in [0.29, 0.717) is 6.42 Å². The van der Waals surface area contributed by atoms with E-state index in [2.05, 4.69) is 0 Å². The molecule has 3 nitrogen and oxygen atoms in total. The van der Waals surface area contributed by atoms with Crippen LogP contribution in [0.2, 0.25) is 0 Å². The molecule has 0 bridgehead atoms. The molecule has 1 aromatic carbocycles. The van der Waals surface area contributed by atoms with E-state index in [1.165, 1.54) is 6.26 Å². The molecular weight excluding hydrogens is 248 g/mol. The van der Waals surface area contributed by atoms with E-state index in [1.807, 2.05) is 38.1 Å². The van der Waals surface area contributed by atoms with Crippen molar-refractivity contribution in [3.63, 3.8) is 0 Å². The number of benzene rings is 1. The second-order valence-electron chi connectivity index (χ2n) is 5.01. The van der Waals surface area contributed by atoms with Gasteiger partial charge in [0, 0.05) is 18.6 Å². The summed E-state index contributed by atoms with van der Waals surface area (Å²) in [6.45, 7) is 3.80. The third-order valence-electron chi connectivity index (χ3n) is 2.76. The van der Waals surface area contributed by atoms with Gasteiger partial charge in [-0.05, 0) is 17.5 Å². The van der Waals surface area contributed by atoms with Crippen molar-refractivity contribution < 1.29 is 13.2 Å². The first kappa shape index (κ1) is 14.9. The van der Waals surface area contributed by atoms with Crippen molar-refractivity contribution in [2.75, 3.05) is 6.26 Å². The molecule has 0 spiro atoms. The fourth-order valence-corrected chi connectivity index (χ4v) is 2.46. The Morgan fingerprint density at radius 3 is 2.06 bits per heavy atom. The predicted octanol–water partition coefficient (Wildman–Crippen LogP) is 2.39. The highest BCUT2D eigenvalue weighted by Gasteiger charge is 2.08. The number of hydrogen-bond donors (Lipinski definition) is 0. The molecule has 0 aliphatic carbocycles. The van der Waals surface area contributed by atoms with Gasteiger partial charge in [0.2, 0.25) is 0 Å². The van der Waals surface area contributed by atoms with E-state index < -0.39 is 9.84 Å². The molecule has 18 heavy (non-hydrogen) atoms. The molecule has 0 radical (unpaired) electrons. The van der Waals surface area contributed by atoms with Crippen LogP contribution < -0.4 is 0 Å². The van der Waals surface area contributed by atoms with E-state index in [9.17, 15) is 13.2 Å². The van der Waals surface area contributed by atoms with E-state index in [1.54, 1.807) is 0 Å². The summed E-state index contributed by atoms with van der Waals surface area (Å²) < 4.78 is 22.3. The molecular formula is C14H20O3S. The molecule has 0 amide bonds. The smallest absolute Gasteiger partial charge is 0.151 e. The minimum atomic E-state index is -2.98. The van der Waals surface area contributed by atoms with Gasteiger partial charge in [0.15, 0.2) is 9.84 Å². The second kappa shape index (κ2) is 6.14. The fraction of sp³-hybridized carbons (Fsp3) is 0.500. The van der Waals surface area contributed by atoms with Crippen LogP contribution in [0, 0.1) is 5.92 Å². The number of ketones is 1. The van der Waals surface area contributed by atoms with Crippen LogP contribution in [0.1, 0.15) is 31.4 Å². The second-order valence-corrected chi connectivity index (χ2v) is 7.15. The van der Waals surface area contributed by atoms with Gasteiger partial charge in [-0.1, -0.05) is 38.1 Å². The van der Waals surface area contributed by atoms with Crippen molar-refractivity contribution in [1.82, 2.24) is 0 Å². The maximum atomic E-state index is 11.5. The Kier molecular flexibility index (Phi) is 5.08. The molecule has 1 rings (SSSR count). The SMILES string of the molecule is CC(C)C(=O)CCc1ccc(CS(C)(=O)=O)cc1. The summed E-state index contributed by atoms with van der Waals surface area (Å²) in [6, 6.07) is 7.43. The molecule has 0 aromatic heterocycles. The summed E-state index contributed by atoms with van der Waals surface area (Å²) in [7, 11) is -2.98. The topological polar surface area (TPSA) is 51.2 Å². The lowest BCUT2D eigenvalue weighted by atomic mass is 10.0. The molecule has 100 valence electrons. The number of carbonyl (C=O) groups is 1. The zero-order valence-corrected chi connectivity index (χ0v) is 12.0. The van der Waals surface area contributed by atoms with Gasteiger partial charge in [-0.3, -0.25) is 4.79 Å². The van der Waals surface area contributed by atoms with E-state index in [-0.39, 0.29) is 17.5 Å². The Hall–Kier alpha value is -1.16. The minimum Gasteiger partial charge on any atom is -0.299 e. The van der Waals surface area contributed by atoms with Crippen LogP contribution in [-0.2, 0) is 26.8 Å². The largest absolute Gasteiger partial charge is 0.299 e. The molecule has 0 unspecified atom stereocenters. The highest BCUT2D eigenvalue weighted by molar-refractivity contribution is 7.89. The normalized spacial score (nSPS) is 11.8. The quantitative estimate of drug-likeness (QED) is 0.796. The first-order valence-electron chi connectivity index (χ1n) is 6.06. The van der Waals surface area contributed by atoms with Gasteiger partial charge in [0.05, 0.1) is 5.75 Å². The lowest BCUT2D eigenvalue weighted by molar-refractivity contribution is -0.121. The number of sulfone groups is 1. The summed E-state index contributed by atoms with van der Waals surface area (Å²) in [5.41, 5.74) is 1.86. The van der Waals surface area contributed by atoms with Crippen molar-refractivity contribution in [2.45, 2.75) is 32.4 Å². The van der Waals surface area contributed by atoms with Crippen molar-refractivity contribution in [1.29, 1.82) is 0 Å². The number of hydrogen-bond acceptors (Lipinski definition) is 3. The van der Waals surface area contributed by atoms with Crippen LogP contribution in [0.5, 0.6) is 0 Å². The van der Waals surface area contributed by atoms with E-state index in [4.69, 9.17) is 0 Å². The van der Waals surface area contributed by atoms with Gasteiger partial charge in [-0.15, -0.1) is 0 Å². The van der Waals surface area contributed by atoms with Gasteiger partial charge in [0.25, 0.3) is 0 Å². The maximum Gasteiger partial charge on any atom is 0.151 e. The number of rotatable bonds is 6. The molecule has 0 fully saturated rings. The zero-order chi connectivity index (χ0) is 13.8. The lowest BCUT2D eigenvalue weighted by Crippen LogP contribution is -2.07. The molecule has 4 heteroatoms. The van der Waals surface area contributed by atoms with Gasteiger partial charge in [0.1, 0.15) is 5.78 Å². The van der Waals surface area contributed by atoms with Gasteiger partial charge < -0.3 is 0 Å². The Balaban J connectivity index is 2.58. The summed E-state index contributed by atoms with van der Waals surface area (Å²) in [5.74, 6) is 0.405. The molecule has 0 saturated heterocycles. The number of carbonyl (C=O) groups excluding carboxylic acids is 1. The van der Waals surface area contributed by atoms with Gasteiger partial charge in [-0.2, -0.15) is 0 Å². The molecule has 0 aliphatic heterocycles. The van der Waals surface area contributed by atoms with Crippen LogP contribution in [0.25, 0.3) is 0 Å². The van der Waals surface area contributed by atoms with Crippen molar-refractivity contribution in [3.8, 4) is 0 Å².